The minimum atomic E-state index is -3.30. The van der Waals surface area contributed by atoms with Crippen molar-refractivity contribution in [3.8, 4) is 10.8 Å². The first kappa shape index (κ1) is 16.0. The molecule has 1 aromatic carbocycles. The van der Waals surface area contributed by atoms with E-state index in [-0.39, 0.29) is 11.5 Å². The van der Waals surface area contributed by atoms with Crippen LogP contribution in [0.5, 0.6) is 0 Å². The van der Waals surface area contributed by atoms with Gasteiger partial charge in [-0.15, -0.1) is 11.3 Å². The van der Waals surface area contributed by atoms with Crippen molar-refractivity contribution in [3.63, 3.8) is 0 Å². The van der Waals surface area contributed by atoms with Gasteiger partial charge in [-0.3, -0.25) is 0 Å². The molecule has 0 aliphatic rings. The Labute approximate surface area is 139 Å². The van der Waals surface area contributed by atoms with Crippen LogP contribution in [0.2, 0.25) is 0 Å². The number of benzene rings is 1. The van der Waals surface area contributed by atoms with Gasteiger partial charge in [-0.2, -0.15) is 0 Å². The maximum Gasteiger partial charge on any atom is 0.236 e. The molecule has 0 spiro atoms. The van der Waals surface area contributed by atoms with Crippen LogP contribution in [0.25, 0.3) is 10.8 Å². The lowest BCUT2D eigenvalue weighted by Gasteiger charge is -2.07. The summed E-state index contributed by atoms with van der Waals surface area (Å²) in [5.74, 6) is 0.369. The highest BCUT2D eigenvalue weighted by molar-refractivity contribution is 7.89. The highest BCUT2D eigenvalue weighted by Gasteiger charge is 2.18. The quantitative estimate of drug-likeness (QED) is 0.696. The number of aryl methyl sites for hydroxylation is 2. The van der Waals surface area contributed by atoms with E-state index in [1.165, 1.54) is 17.6 Å². The predicted octanol–water partition coefficient (Wildman–Crippen LogP) is 4.13. The summed E-state index contributed by atoms with van der Waals surface area (Å²) in [6.07, 6.45) is 1.43. The van der Waals surface area contributed by atoms with E-state index in [2.05, 4.69) is 4.98 Å². The van der Waals surface area contributed by atoms with Gasteiger partial charge in [0.15, 0.2) is 9.84 Å². The Balaban J connectivity index is 1.77. The molecule has 0 radical (unpaired) electrons. The van der Waals surface area contributed by atoms with Gasteiger partial charge in [-0.25, -0.2) is 13.4 Å². The fraction of sp³-hybridized carbons (Fsp3) is 0.235. The van der Waals surface area contributed by atoms with Crippen LogP contribution < -0.4 is 0 Å². The molecule has 0 bridgehead atoms. The molecule has 0 aliphatic heterocycles. The normalized spacial score (nSPS) is 11.7. The van der Waals surface area contributed by atoms with Crippen molar-refractivity contribution in [1.82, 2.24) is 4.98 Å². The number of thiophene rings is 1. The SMILES string of the molecule is Cc1ccc(C)c(CS(=O)(=O)Cc2coc(-c3cccs3)n2)c1. The largest absolute Gasteiger partial charge is 0.444 e. The van der Waals surface area contributed by atoms with Crippen LogP contribution in [-0.4, -0.2) is 13.4 Å². The molecule has 4 nitrogen and oxygen atoms in total. The number of rotatable bonds is 5. The van der Waals surface area contributed by atoms with Gasteiger partial charge >= 0.3 is 0 Å². The van der Waals surface area contributed by atoms with Gasteiger partial charge < -0.3 is 4.42 Å². The number of aromatic nitrogens is 1. The number of hydrogen-bond donors (Lipinski definition) is 0. The molecule has 0 saturated heterocycles. The van der Waals surface area contributed by atoms with Crippen LogP contribution >= 0.6 is 11.3 Å². The second-order valence-electron chi connectivity index (χ2n) is 5.58. The van der Waals surface area contributed by atoms with Gasteiger partial charge in [-0.1, -0.05) is 29.8 Å². The summed E-state index contributed by atoms with van der Waals surface area (Å²) in [5, 5.41) is 1.93. The van der Waals surface area contributed by atoms with E-state index in [1.807, 2.05) is 49.6 Å². The van der Waals surface area contributed by atoms with Crippen molar-refractivity contribution >= 4 is 21.2 Å². The molecule has 23 heavy (non-hydrogen) atoms. The smallest absolute Gasteiger partial charge is 0.236 e. The number of oxazole rings is 1. The lowest BCUT2D eigenvalue weighted by Crippen LogP contribution is -2.09. The Bertz CT molecular complexity index is 909. The van der Waals surface area contributed by atoms with Crippen LogP contribution in [0, 0.1) is 13.8 Å². The van der Waals surface area contributed by atoms with E-state index in [4.69, 9.17) is 4.42 Å². The topological polar surface area (TPSA) is 60.2 Å². The number of sulfone groups is 1. The minimum Gasteiger partial charge on any atom is -0.444 e. The molecule has 2 heterocycles. The lowest BCUT2D eigenvalue weighted by molar-refractivity contribution is 0.573. The second-order valence-corrected chi connectivity index (χ2v) is 8.60. The first-order valence-corrected chi connectivity index (χ1v) is 9.88. The summed E-state index contributed by atoms with van der Waals surface area (Å²) in [5.41, 5.74) is 3.33. The Morgan fingerprint density at radius 3 is 2.74 bits per heavy atom. The first-order chi connectivity index (χ1) is 10.9. The third-order valence-electron chi connectivity index (χ3n) is 3.53. The van der Waals surface area contributed by atoms with Gasteiger partial charge in [0.25, 0.3) is 0 Å². The van der Waals surface area contributed by atoms with E-state index < -0.39 is 9.84 Å². The fourth-order valence-electron chi connectivity index (χ4n) is 2.36. The zero-order valence-corrected chi connectivity index (χ0v) is 14.6. The highest BCUT2D eigenvalue weighted by atomic mass is 32.2. The summed E-state index contributed by atoms with van der Waals surface area (Å²) in [7, 11) is -3.30. The van der Waals surface area contributed by atoms with Gasteiger partial charge in [-0.05, 0) is 36.4 Å². The summed E-state index contributed by atoms with van der Waals surface area (Å²) in [4.78, 5) is 5.18. The maximum absolute atomic E-state index is 12.4. The van der Waals surface area contributed by atoms with E-state index in [9.17, 15) is 8.42 Å². The van der Waals surface area contributed by atoms with Crippen molar-refractivity contribution in [1.29, 1.82) is 0 Å². The Morgan fingerprint density at radius 2 is 2.00 bits per heavy atom. The summed E-state index contributed by atoms with van der Waals surface area (Å²) >= 11 is 1.51. The van der Waals surface area contributed by atoms with Crippen molar-refractivity contribution in [3.05, 3.63) is 64.4 Å². The van der Waals surface area contributed by atoms with Crippen LogP contribution in [-0.2, 0) is 21.3 Å². The van der Waals surface area contributed by atoms with Crippen LogP contribution in [0.1, 0.15) is 22.4 Å². The monoisotopic (exact) mass is 347 g/mol. The molecule has 0 unspecified atom stereocenters. The molecule has 0 N–H and O–H groups in total. The van der Waals surface area contributed by atoms with Crippen LogP contribution in [0.4, 0.5) is 0 Å². The van der Waals surface area contributed by atoms with Crippen molar-refractivity contribution in [2.45, 2.75) is 25.4 Å². The number of nitrogens with zero attached hydrogens (tertiary/aromatic N) is 1. The molecular formula is C17H17NO3S2. The Hall–Kier alpha value is -1.92. The maximum atomic E-state index is 12.4. The fourth-order valence-corrected chi connectivity index (χ4v) is 4.48. The first-order valence-electron chi connectivity index (χ1n) is 7.18. The standard InChI is InChI=1S/C17H17NO3S2/c1-12-5-6-13(2)14(8-12)10-23(19,20)11-15-9-21-17(18-15)16-4-3-7-22-16/h3-9H,10-11H2,1-2H3. The lowest BCUT2D eigenvalue weighted by atomic mass is 10.1. The van der Waals surface area contributed by atoms with Crippen LogP contribution in [0.3, 0.4) is 0 Å². The van der Waals surface area contributed by atoms with Crippen molar-refractivity contribution < 1.29 is 12.8 Å². The molecule has 6 heteroatoms. The molecule has 120 valence electrons. The van der Waals surface area contributed by atoms with Crippen molar-refractivity contribution in [2.24, 2.45) is 0 Å². The zero-order valence-electron chi connectivity index (χ0n) is 12.9. The molecule has 2 aromatic heterocycles. The molecular weight excluding hydrogens is 330 g/mol. The second kappa shape index (κ2) is 6.29. The van der Waals surface area contributed by atoms with Crippen LogP contribution in [0.15, 0.2) is 46.4 Å². The average molecular weight is 347 g/mol. The molecule has 0 atom stereocenters. The van der Waals surface area contributed by atoms with E-state index in [0.717, 1.165) is 21.6 Å². The predicted molar refractivity (Wildman–Crippen MR) is 92.1 cm³/mol. The Kier molecular flexibility index (Phi) is 4.37. The van der Waals surface area contributed by atoms with Gasteiger partial charge in [0, 0.05) is 0 Å². The van der Waals surface area contributed by atoms with Crippen molar-refractivity contribution in [2.75, 3.05) is 0 Å². The molecule has 3 aromatic rings. The minimum absolute atomic E-state index is 0.0156. The third-order valence-corrected chi connectivity index (χ3v) is 5.88. The summed E-state index contributed by atoms with van der Waals surface area (Å²) in [6, 6.07) is 9.65. The molecule has 3 rings (SSSR count). The van der Waals surface area contributed by atoms with Gasteiger partial charge in [0.2, 0.25) is 5.89 Å². The Morgan fingerprint density at radius 1 is 1.17 bits per heavy atom. The number of hydrogen-bond acceptors (Lipinski definition) is 5. The molecule has 0 saturated carbocycles. The summed E-state index contributed by atoms with van der Waals surface area (Å²) in [6.45, 7) is 3.88. The molecule has 0 fully saturated rings. The van der Waals surface area contributed by atoms with Gasteiger partial charge in [0.05, 0.1) is 22.1 Å². The molecule has 0 aliphatic carbocycles. The third kappa shape index (κ3) is 3.89. The van der Waals surface area contributed by atoms with E-state index in [1.54, 1.807) is 0 Å². The average Bonchev–Trinajstić information content (AvgIpc) is 3.12. The van der Waals surface area contributed by atoms with E-state index in [0.29, 0.717) is 11.6 Å². The summed E-state index contributed by atoms with van der Waals surface area (Å²) < 4.78 is 30.3. The zero-order chi connectivity index (χ0) is 16.4. The van der Waals surface area contributed by atoms with Gasteiger partial charge in [0.1, 0.15) is 6.26 Å². The van der Waals surface area contributed by atoms with E-state index >= 15 is 0 Å². The highest BCUT2D eigenvalue weighted by Crippen LogP contribution is 2.24. The molecule has 0 amide bonds.